The zero-order chi connectivity index (χ0) is 22.8. The van der Waals surface area contributed by atoms with Gasteiger partial charge in [-0.15, -0.1) is 5.10 Å². The molecule has 32 heavy (non-hydrogen) atoms. The molecule has 0 N–H and O–H groups in total. The summed E-state index contributed by atoms with van der Waals surface area (Å²) in [7, 11) is 1.74. The number of fused-ring (bicyclic) bond motifs is 1. The van der Waals surface area contributed by atoms with Crippen LogP contribution in [0.3, 0.4) is 0 Å². The van der Waals surface area contributed by atoms with Crippen LogP contribution in [0.2, 0.25) is 0 Å². The number of halogens is 2. The van der Waals surface area contributed by atoms with Gasteiger partial charge in [0, 0.05) is 25.0 Å². The molecule has 0 aliphatic heterocycles. The first-order valence-electron chi connectivity index (χ1n) is 9.92. The van der Waals surface area contributed by atoms with Gasteiger partial charge in [-0.1, -0.05) is 6.07 Å². The monoisotopic (exact) mass is 437 g/mol. The fourth-order valence-electron chi connectivity index (χ4n) is 3.52. The lowest BCUT2D eigenvalue weighted by Gasteiger charge is -2.23. The van der Waals surface area contributed by atoms with Crippen molar-refractivity contribution in [2.24, 2.45) is 7.05 Å². The molecule has 0 fully saturated rings. The van der Waals surface area contributed by atoms with Crippen LogP contribution < -0.4 is 9.64 Å². The molecule has 0 saturated heterocycles. The average Bonchev–Trinajstić information content (AvgIpc) is 3.07. The second kappa shape index (κ2) is 8.70. The summed E-state index contributed by atoms with van der Waals surface area (Å²) in [4.78, 5) is 23.0. The Balaban J connectivity index is 1.63. The van der Waals surface area contributed by atoms with Crippen LogP contribution in [0.1, 0.15) is 17.0 Å². The van der Waals surface area contributed by atoms with Crippen molar-refractivity contribution in [3.63, 3.8) is 0 Å². The number of carbonyl (C=O) groups is 1. The lowest BCUT2D eigenvalue weighted by Crippen LogP contribution is -2.35. The summed E-state index contributed by atoms with van der Waals surface area (Å²) >= 11 is 0. The quantitative estimate of drug-likeness (QED) is 0.458. The molecule has 0 bridgehead atoms. The molecule has 4 aromatic rings. The van der Waals surface area contributed by atoms with Crippen LogP contribution in [-0.2, 0) is 18.4 Å². The average molecular weight is 437 g/mol. The van der Waals surface area contributed by atoms with Crippen LogP contribution in [0.5, 0.6) is 5.88 Å². The van der Waals surface area contributed by atoms with Gasteiger partial charge in [-0.3, -0.25) is 9.78 Å². The first-order chi connectivity index (χ1) is 15.3. The van der Waals surface area contributed by atoms with Crippen LogP contribution in [0.4, 0.5) is 14.5 Å². The van der Waals surface area contributed by atoms with Gasteiger partial charge in [-0.2, -0.15) is 0 Å². The molecule has 0 radical (unpaired) electrons. The SMILES string of the molecule is Cc1cc(C)c2c(OCC(=O)N(Cc3ccccn3)c3ccc(F)cc3F)nn(C)c2n1. The third kappa shape index (κ3) is 4.27. The molecule has 7 nitrogen and oxygen atoms in total. The maximum absolute atomic E-state index is 14.5. The number of pyridine rings is 2. The van der Waals surface area contributed by atoms with E-state index in [1.165, 1.54) is 11.0 Å². The van der Waals surface area contributed by atoms with Gasteiger partial charge in [0.15, 0.2) is 12.3 Å². The molecular weight excluding hydrogens is 416 g/mol. The van der Waals surface area contributed by atoms with Crippen LogP contribution in [0, 0.1) is 25.5 Å². The molecule has 9 heteroatoms. The van der Waals surface area contributed by atoms with Gasteiger partial charge >= 0.3 is 0 Å². The summed E-state index contributed by atoms with van der Waals surface area (Å²) in [6, 6.07) is 10.2. The predicted molar refractivity (Wildman–Crippen MR) is 115 cm³/mol. The highest BCUT2D eigenvalue weighted by atomic mass is 19.1. The lowest BCUT2D eigenvalue weighted by atomic mass is 10.2. The summed E-state index contributed by atoms with van der Waals surface area (Å²) in [5.41, 5.74) is 2.88. The Morgan fingerprint density at radius 2 is 1.97 bits per heavy atom. The predicted octanol–water partition coefficient (Wildman–Crippen LogP) is 3.87. The van der Waals surface area contributed by atoms with Gasteiger partial charge in [0.25, 0.3) is 5.91 Å². The zero-order valence-corrected chi connectivity index (χ0v) is 17.8. The molecule has 0 aliphatic carbocycles. The number of amides is 1. The number of hydrogen-bond donors (Lipinski definition) is 0. The largest absolute Gasteiger partial charge is 0.466 e. The molecule has 3 heterocycles. The lowest BCUT2D eigenvalue weighted by molar-refractivity contribution is -0.120. The Morgan fingerprint density at radius 1 is 1.16 bits per heavy atom. The standard InChI is InChI=1S/C23H21F2N5O2/c1-14-10-15(2)27-22-21(14)23(28-29(22)3)32-13-20(31)30(12-17-6-4-5-9-26-17)19-8-7-16(24)11-18(19)25/h4-11H,12-13H2,1-3H3. The van der Waals surface area contributed by atoms with Gasteiger partial charge in [0.2, 0.25) is 5.88 Å². The first-order valence-corrected chi connectivity index (χ1v) is 9.92. The van der Waals surface area contributed by atoms with Crippen molar-refractivity contribution in [1.29, 1.82) is 0 Å². The molecule has 4 rings (SSSR count). The van der Waals surface area contributed by atoms with Gasteiger partial charge in [0.05, 0.1) is 23.3 Å². The van der Waals surface area contributed by atoms with Gasteiger partial charge < -0.3 is 9.64 Å². The molecule has 0 spiro atoms. The summed E-state index contributed by atoms with van der Waals surface area (Å²) in [6.45, 7) is 3.39. The number of anilines is 1. The van der Waals surface area contributed by atoms with Gasteiger partial charge in [0.1, 0.15) is 11.6 Å². The number of ether oxygens (including phenoxy) is 1. The number of aromatic nitrogens is 4. The highest BCUT2D eigenvalue weighted by molar-refractivity contribution is 5.95. The van der Waals surface area contributed by atoms with Crippen molar-refractivity contribution in [2.75, 3.05) is 11.5 Å². The van der Waals surface area contributed by atoms with Crippen molar-refractivity contribution in [2.45, 2.75) is 20.4 Å². The van der Waals surface area contributed by atoms with E-state index >= 15 is 0 Å². The van der Waals surface area contributed by atoms with Crippen molar-refractivity contribution < 1.29 is 18.3 Å². The summed E-state index contributed by atoms with van der Waals surface area (Å²) in [5.74, 6) is -1.85. The maximum Gasteiger partial charge on any atom is 0.265 e. The van der Waals surface area contributed by atoms with E-state index in [0.717, 1.165) is 23.4 Å². The fourth-order valence-corrected chi connectivity index (χ4v) is 3.52. The smallest absolute Gasteiger partial charge is 0.265 e. The molecule has 0 atom stereocenters. The molecule has 1 aromatic carbocycles. The third-order valence-corrected chi connectivity index (χ3v) is 4.97. The van der Waals surface area contributed by atoms with E-state index in [1.54, 1.807) is 36.1 Å². The minimum absolute atomic E-state index is 0.00563. The van der Waals surface area contributed by atoms with Crippen molar-refractivity contribution in [1.82, 2.24) is 19.7 Å². The first kappa shape index (κ1) is 21.4. The third-order valence-electron chi connectivity index (χ3n) is 4.97. The van der Waals surface area contributed by atoms with Crippen molar-refractivity contribution in [3.8, 4) is 5.88 Å². The highest BCUT2D eigenvalue weighted by Crippen LogP contribution is 2.28. The number of carbonyl (C=O) groups excluding carboxylic acids is 1. The van der Waals surface area contributed by atoms with Crippen LogP contribution in [0.15, 0.2) is 48.7 Å². The minimum Gasteiger partial charge on any atom is -0.466 e. The normalized spacial score (nSPS) is 11.0. The van der Waals surface area contributed by atoms with Crippen LogP contribution >= 0.6 is 0 Å². The maximum atomic E-state index is 14.5. The molecule has 3 aromatic heterocycles. The summed E-state index contributed by atoms with van der Waals surface area (Å²) < 4.78 is 35.3. The van der Waals surface area contributed by atoms with Gasteiger partial charge in [-0.25, -0.2) is 18.4 Å². The zero-order valence-electron chi connectivity index (χ0n) is 17.8. The van der Waals surface area contributed by atoms with E-state index in [4.69, 9.17) is 4.74 Å². The Hall–Kier alpha value is -3.88. The Bertz CT molecular complexity index is 1290. The van der Waals surface area contributed by atoms with E-state index in [2.05, 4.69) is 15.1 Å². The fraction of sp³-hybridized carbons (Fsp3) is 0.217. The van der Waals surface area contributed by atoms with Crippen LogP contribution in [-0.4, -0.2) is 32.3 Å². The molecule has 0 saturated carbocycles. The van der Waals surface area contributed by atoms with E-state index < -0.39 is 24.1 Å². The minimum atomic E-state index is -0.854. The molecular formula is C23H21F2N5O2. The molecule has 1 amide bonds. The second-order valence-electron chi connectivity index (χ2n) is 7.39. The number of aryl methyl sites for hydroxylation is 3. The van der Waals surface area contributed by atoms with Crippen LogP contribution in [0.25, 0.3) is 11.0 Å². The van der Waals surface area contributed by atoms with Gasteiger partial charge in [-0.05, 0) is 49.7 Å². The van der Waals surface area contributed by atoms with E-state index in [1.807, 2.05) is 19.9 Å². The molecule has 0 unspecified atom stereocenters. The number of rotatable bonds is 6. The van der Waals surface area contributed by atoms with E-state index in [0.29, 0.717) is 16.7 Å². The van der Waals surface area contributed by atoms with E-state index in [9.17, 15) is 13.6 Å². The summed E-state index contributed by atoms with van der Waals surface area (Å²) in [5, 5.41) is 5.04. The summed E-state index contributed by atoms with van der Waals surface area (Å²) in [6.07, 6.45) is 1.58. The number of benzene rings is 1. The topological polar surface area (TPSA) is 73.1 Å². The highest BCUT2D eigenvalue weighted by Gasteiger charge is 2.23. The molecule has 164 valence electrons. The molecule has 0 aliphatic rings. The van der Waals surface area contributed by atoms with Crippen molar-refractivity contribution in [3.05, 3.63) is 77.2 Å². The number of hydrogen-bond acceptors (Lipinski definition) is 5. The van der Waals surface area contributed by atoms with Crippen molar-refractivity contribution >= 4 is 22.6 Å². The van der Waals surface area contributed by atoms with E-state index in [-0.39, 0.29) is 18.1 Å². The Kier molecular flexibility index (Phi) is 5.81. The number of nitrogens with zero attached hydrogens (tertiary/aromatic N) is 5. The Morgan fingerprint density at radius 3 is 2.69 bits per heavy atom. The Labute approximate surface area is 183 Å². The second-order valence-corrected chi connectivity index (χ2v) is 7.39.